The molecule has 6 heteroatoms. The SMILES string of the molecule is Cc1cc(-n2nc(C(C)(C)C)c(C=O)c2Cl)ncn1. The van der Waals surface area contributed by atoms with Gasteiger partial charge in [0.2, 0.25) is 0 Å². The number of halogens is 1. The number of carbonyl (C=O) groups is 1. The maximum Gasteiger partial charge on any atom is 0.158 e. The summed E-state index contributed by atoms with van der Waals surface area (Å²) in [6.45, 7) is 7.80. The number of aryl methyl sites for hydroxylation is 1. The maximum atomic E-state index is 11.2. The molecule has 2 heterocycles. The van der Waals surface area contributed by atoms with Crippen molar-refractivity contribution in [3.05, 3.63) is 34.5 Å². The van der Waals surface area contributed by atoms with Crippen molar-refractivity contribution in [2.75, 3.05) is 0 Å². The van der Waals surface area contributed by atoms with Crippen LogP contribution in [0, 0.1) is 6.92 Å². The van der Waals surface area contributed by atoms with Crippen LogP contribution < -0.4 is 0 Å². The van der Waals surface area contributed by atoms with Crippen molar-refractivity contribution in [1.29, 1.82) is 0 Å². The van der Waals surface area contributed by atoms with E-state index in [-0.39, 0.29) is 10.6 Å². The molecular formula is C13H15ClN4O. The lowest BCUT2D eigenvalue weighted by atomic mass is 9.90. The molecule has 2 aromatic rings. The summed E-state index contributed by atoms with van der Waals surface area (Å²) >= 11 is 6.23. The summed E-state index contributed by atoms with van der Waals surface area (Å²) in [4.78, 5) is 19.4. The fourth-order valence-corrected chi connectivity index (χ4v) is 2.03. The molecule has 0 saturated heterocycles. The van der Waals surface area contributed by atoms with E-state index in [2.05, 4.69) is 15.1 Å². The van der Waals surface area contributed by atoms with Gasteiger partial charge < -0.3 is 0 Å². The van der Waals surface area contributed by atoms with Gasteiger partial charge in [0.1, 0.15) is 11.5 Å². The van der Waals surface area contributed by atoms with Gasteiger partial charge in [-0.05, 0) is 6.92 Å². The van der Waals surface area contributed by atoms with Gasteiger partial charge in [-0.15, -0.1) is 0 Å². The second-order valence-corrected chi connectivity index (χ2v) is 5.71. The first-order valence-electron chi connectivity index (χ1n) is 5.88. The average Bonchev–Trinajstić information content (AvgIpc) is 2.66. The molecule has 19 heavy (non-hydrogen) atoms. The minimum Gasteiger partial charge on any atom is -0.298 e. The number of nitrogens with zero attached hydrogens (tertiary/aromatic N) is 4. The van der Waals surface area contributed by atoms with Gasteiger partial charge in [0.25, 0.3) is 0 Å². The summed E-state index contributed by atoms with van der Waals surface area (Å²) in [5.41, 5.74) is 1.60. The van der Waals surface area contributed by atoms with E-state index in [1.807, 2.05) is 27.7 Å². The van der Waals surface area contributed by atoms with Crippen LogP contribution in [-0.2, 0) is 5.41 Å². The first-order valence-corrected chi connectivity index (χ1v) is 6.25. The molecule has 100 valence electrons. The largest absolute Gasteiger partial charge is 0.298 e. The van der Waals surface area contributed by atoms with Crippen LogP contribution in [0.4, 0.5) is 0 Å². The topological polar surface area (TPSA) is 60.7 Å². The summed E-state index contributed by atoms with van der Waals surface area (Å²) in [6, 6.07) is 1.76. The molecule has 0 saturated carbocycles. The Bertz CT molecular complexity index is 628. The third-order valence-corrected chi connectivity index (χ3v) is 3.06. The van der Waals surface area contributed by atoms with Crippen LogP contribution in [0.1, 0.15) is 42.5 Å². The highest BCUT2D eigenvalue weighted by Crippen LogP contribution is 2.30. The Labute approximate surface area is 116 Å². The van der Waals surface area contributed by atoms with Crippen LogP contribution >= 0.6 is 11.6 Å². The quantitative estimate of drug-likeness (QED) is 0.793. The van der Waals surface area contributed by atoms with Gasteiger partial charge in [0.05, 0.1) is 11.3 Å². The molecule has 2 aromatic heterocycles. The third-order valence-electron chi connectivity index (χ3n) is 2.70. The Morgan fingerprint density at radius 2 is 2.00 bits per heavy atom. The monoisotopic (exact) mass is 278 g/mol. The van der Waals surface area contributed by atoms with Crippen LogP contribution in [0.2, 0.25) is 5.15 Å². The molecule has 0 unspecified atom stereocenters. The molecule has 0 aliphatic heterocycles. The van der Waals surface area contributed by atoms with E-state index in [0.717, 1.165) is 12.0 Å². The first kappa shape index (κ1) is 13.7. The van der Waals surface area contributed by atoms with Gasteiger partial charge in [-0.2, -0.15) is 5.10 Å². The van der Waals surface area contributed by atoms with E-state index in [9.17, 15) is 4.79 Å². The smallest absolute Gasteiger partial charge is 0.158 e. The first-order chi connectivity index (χ1) is 8.84. The van der Waals surface area contributed by atoms with Crippen LogP contribution in [0.3, 0.4) is 0 Å². The predicted molar refractivity (Wildman–Crippen MR) is 73.0 cm³/mol. The Balaban J connectivity index is 2.66. The van der Waals surface area contributed by atoms with E-state index in [4.69, 9.17) is 11.6 Å². The van der Waals surface area contributed by atoms with Gasteiger partial charge in [0.15, 0.2) is 12.1 Å². The molecule has 0 radical (unpaired) electrons. The Hall–Kier alpha value is -1.75. The van der Waals surface area contributed by atoms with Crippen molar-refractivity contribution in [2.24, 2.45) is 0 Å². The molecule has 2 rings (SSSR count). The Kier molecular flexibility index (Phi) is 3.41. The van der Waals surface area contributed by atoms with Crippen LogP contribution in [-0.4, -0.2) is 26.0 Å². The van der Waals surface area contributed by atoms with E-state index in [0.29, 0.717) is 17.1 Å². The zero-order chi connectivity index (χ0) is 14.2. The van der Waals surface area contributed by atoms with Crippen molar-refractivity contribution < 1.29 is 4.79 Å². The van der Waals surface area contributed by atoms with Crippen molar-refractivity contribution >= 4 is 17.9 Å². The Morgan fingerprint density at radius 1 is 1.32 bits per heavy atom. The number of hydrogen-bond acceptors (Lipinski definition) is 4. The molecule has 0 atom stereocenters. The molecule has 0 amide bonds. The van der Waals surface area contributed by atoms with E-state index in [1.165, 1.54) is 11.0 Å². The molecule has 0 spiro atoms. The van der Waals surface area contributed by atoms with E-state index in [1.54, 1.807) is 6.07 Å². The third kappa shape index (κ3) is 2.51. The normalized spacial score (nSPS) is 11.6. The van der Waals surface area contributed by atoms with E-state index >= 15 is 0 Å². The molecule has 0 bridgehead atoms. The van der Waals surface area contributed by atoms with Gasteiger partial charge in [0, 0.05) is 17.2 Å². The van der Waals surface area contributed by atoms with Gasteiger partial charge in [-0.25, -0.2) is 14.6 Å². The molecule has 0 aliphatic carbocycles. The van der Waals surface area contributed by atoms with Gasteiger partial charge >= 0.3 is 0 Å². The zero-order valence-electron chi connectivity index (χ0n) is 11.3. The number of rotatable bonds is 2. The van der Waals surface area contributed by atoms with E-state index < -0.39 is 0 Å². The number of carbonyl (C=O) groups excluding carboxylic acids is 1. The molecule has 5 nitrogen and oxygen atoms in total. The molecule has 0 aliphatic rings. The molecule has 0 aromatic carbocycles. The average molecular weight is 279 g/mol. The fourth-order valence-electron chi connectivity index (χ4n) is 1.78. The lowest BCUT2D eigenvalue weighted by Crippen LogP contribution is -2.14. The van der Waals surface area contributed by atoms with Crippen LogP contribution in [0.15, 0.2) is 12.4 Å². The highest BCUT2D eigenvalue weighted by Gasteiger charge is 2.26. The van der Waals surface area contributed by atoms with Crippen molar-refractivity contribution in [2.45, 2.75) is 33.1 Å². The van der Waals surface area contributed by atoms with Crippen molar-refractivity contribution in [3.8, 4) is 5.82 Å². The minimum absolute atomic E-state index is 0.271. The Morgan fingerprint density at radius 3 is 2.47 bits per heavy atom. The summed E-state index contributed by atoms with van der Waals surface area (Å²) in [5.74, 6) is 0.552. The van der Waals surface area contributed by atoms with Crippen LogP contribution in [0.25, 0.3) is 5.82 Å². The number of aromatic nitrogens is 4. The maximum absolute atomic E-state index is 11.2. The second kappa shape index (κ2) is 4.74. The lowest BCUT2D eigenvalue weighted by Gasteiger charge is -2.15. The number of hydrogen-bond donors (Lipinski definition) is 0. The van der Waals surface area contributed by atoms with Crippen LogP contribution in [0.5, 0.6) is 0 Å². The summed E-state index contributed by atoms with van der Waals surface area (Å²) < 4.78 is 1.47. The summed E-state index contributed by atoms with van der Waals surface area (Å²) in [7, 11) is 0. The molecule has 0 N–H and O–H groups in total. The summed E-state index contributed by atoms with van der Waals surface area (Å²) in [6.07, 6.45) is 2.18. The highest BCUT2D eigenvalue weighted by molar-refractivity contribution is 6.32. The van der Waals surface area contributed by atoms with Gasteiger partial charge in [-0.3, -0.25) is 4.79 Å². The molecular weight excluding hydrogens is 264 g/mol. The van der Waals surface area contributed by atoms with Crippen molar-refractivity contribution in [3.63, 3.8) is 0 Å². The number of aldehydes is 1. The second-order valence-electron chi connectivity index (χ2n) is 5.35. The predicted octanol–water partition coefficient (Wildman–Crippen LogP) is 2.73. The fraction of sp³-hybridized carbons (Fsp3) is 0.385. The standard InChI is InChI=1S/C13H15ClN4O/c1-8-5-10(16-7-15-8)18-12(14)9(6-19)11(17-18)13(2,3)4/h5-7H,1-4H3. The minimum atomic E-state index is -0.271. The van der Waals surface area contributed by atoms with Crippen molar-refractivity contribution in [1.82, 2.24) is 19.7 Å². The molecule has 0 fully saturated rings. The zero-order valence-corrected chi connectivity index (χ0v) is 12.1. The van der Waals surface area contributed by atoms with Gasteiger partial charge in [-0.1, -0.05) is 32.4 Å². The lowest BCUT2D eigenvalue weighted by molar-refractivity contribution is 0.112. The summed E-state index contributed by atoms with van der Waals surface area (Å²) in [5, 5.41) is 4.70. The highest BCUT2D eigenvalue weighted by atomic mass is 35.5.